The predicted molar refractivity (Wildman–Crippen MR) is 63.1 cm³/mol. The van der Waals surface area contributed by atoms with Gasteiger partial charge < -0.3 is 14.6 Å². The second-order valence-corrected chi connectivity index (χ2v) is 3.84. The number of unbranched alkanes of at least 4 members (excludes halogenated alkanes) is 1. The highest BCUT2D eigenvalue weighted by Gasteiger charge is 2.25. The molecule has 0 bridgehead atoms. The van der Waals surface area contributed by atoms with Crippen molar-refractivity contribution >= 4 is 17.7 Å². The summed E-state index contributed by atoms with van der Waals surface area (Å²) in [6.45, 7) is 1.86. The number of esters is 1. The Kier molecular flexibility index (Phi) is 8.82. The fourth-order valence-electron chi connectivity index (χ4n) is 1.52. The molecular formula is C12H20O6. The minimum Gasteiger partial charge on any atom is -0.481 e. The molecule has 1 atom stereocenters. The first kappa shape index (κ1) is 16.6. The van der Waals surface area contributed by atoms with Crippen molar-refractivity contribution in [2.24, 2.45) is 5.92 Å². The summed E-state index contributed by atoms with van der Waals surface area (Å²) in [5.41, 5.74) is 0. The minimum absolute atomic E-state index is 0.200. The van der Waals surface area contributed by atoms with Crippen LogP contribution in [-0.4, -0.2) is 43.2 Å². The fourth-order valence-corrected chi connectivity index (χ4v) is 1.52. The third-order valence-electron chi connectivity index (χ3n) is 2.40. The van der Waals surface area contributed by atoms with Crippen LogP contribution in [0, 0.1) is 5.92 Å². The van der Waals surface area contributed by atoms with Crippen molar-refractivity contribution < 1.29 is 29.0 Å². The van der Waals surface area contributed by atoms with Crippen LogP contribution in [-0.2, 0) is 23.9 Å². The Labute approximate surface area is 106 Å². The average molecular weight is 260 g/mol. The van der Waals surface area contributed by atoms with Crippen molar-refractivity contribution in [1.29, 1.82) is 0 Å². The number of Topliss-reactive ketones (excluding diaryl/α,β-unsaturated/α-hetero) is 1. The van der Waals surface area contributed by atoms with Crippen LogP contribution in [0.1, 0.15) is 32.6 Å². The zero-order valence-electron chi connectivity index (χ0n) is 10.8. The fraction of sp³-hybridized carbons (Fsp3) is 0.750. The van der Waals surface area contributed by atoms with Crippen molar-refractivity contribution in [3.05, 3.63) is 0 Å². The molecular weight excluding hydrogens is 240 g/mol. The van der Waals surface area contributed by atoms with Gasteiger partial charge in [0.05, 0.1) is 6.61 Å². The van der Waals surface area contributed by atoms with Gasteiger partial charge >= 0.3 is 11.9 Å². The van der Waals surface area contributed by atoms with Gasteiger partial charge in [0.1, 0.15) is 12.5 Å². The molecule has 0 spiro atoms. The van der Waals surface area contributed by atoms with E-state index in [4.69, 9.17) is 9.84 Å². The summed E-state index contributed by atoms with van der Waals surface area (Å²) in [6, 6.07) is 0. The molecule has 0 aromatic heterocycles. The molecule has 0 rings (SSSR count). The monoisotopic (exact) mass is 260 g/mol. The largest absolute Gasteiger partial charge is 0.481 e. The molecule has 0 saturated heterocycles. The lowest BCUT2D eigenvalue weighted by Crippen LogP contribution is -2.27. The standard InChI is InChI=1S/C12H20O6/c1-3-18-11(14)7-5-4-6-9(12(15)16)10(13)8-17-2/h9H,3-8H2,1-2H3,(H,15,16). The van der Waals surface area contributed by atoms with Gasteiger partial charge in [0.25, 0.3) is 0 Å². The van der Waals surface area contributed by atoms with Crippen molar-refractivity contribution in [2.75, 3.05) is 20.3 Å². The van der Waals surface area contributed by atoms with Crippen molar-refractivity contribution in [1.82, 2.24) is 0 Å². The molecule has 0 amide bonds. The van der Waals surface area contributed by atoms with Gasteiger partial charge in [-0.2, -0.15) is 0 Å². The smallest absolute Gasteiger partial charge is 0.314 e. The lowest BCUT2D eigenvalue weighted by molar-refractivity contribution is -0.147. The molecule has 0 radical (unpaired) electrons. The van der Waals surface area contributed by atoms with Gasteiger partial charge in [-0.3, -0.25) is 14.4 Å². The van der Waals surface area contributed by atoms with Crippen LogP contribution in [0.3, 0.4) is 0 Å². The number of methoxy groups -OCH3 is 1. The number of hydrogen-bond donors (Lipinski definition) is 1. The molecule has 6 heteroatoms. The number of ether oxygens (including phenoxy) is 2. The Balaban J connectivity index is 3.95. The molecule has 6 nitrogen and oxygen atoms in total. The van der Waals surface area contributed by atoms with Crippen LogP contribution in [0.25, 0.3) is 0 Å². The molecule has 104 valence electrons. The molecule has 0 saturated carbocycles. The molecule has 0 aromatic carbocycles. The second kappa shape index (κ2) is 9.58. The highest BCUT2D eigenvalue weighted by molar-refractivity contribution is 5.98. The highest BCUT2D eigenvalue weighted by atomic mass is 16.5. The Morgan fingerprint density at radius 2 is 1.89 bits per heavy atom. The minimum atomic E-state index is -1.15. The molecule has 0 aromatic rings. The average Bonchev–Trinajstić information content (AvgIpc) is 2.28. The van der Waals surface area contributed by atoms with E-state index in [1.165, 1.54) is 7.11 Å². The summed E-state index contributed by atoms with van der Waals surface area (Å²) < 4.78 is 9.36. The van der Waals surface area contributed by atoms with Gasteiger partial charge in [-0.1, -0.05) is 6.42 Å². The zero-order valence-corrected chi connectivity index (χ0v) is 10.8. The van der Waals surface area contributed by atoms with Crippen LogP contribution >= 0.6 is 0 Å². The number of carboxylic acid groups (broad SMARTS) is 1. The molecule has 0 aliphatic heterocycles. The van der Waals surface area contributed by atoms with E-state index in [-0.39, 0.29) is 25.4 Å². The third kappa shape index (κ3) is 7.01. The van der Waals surface area contributed by atoms with E-state index in [0.717, 1.165) is 0 Å². The van der Waals surface area contributed by atoms with E-state index in [2.05, 4.69) is 4.74 Å². The molecule has 0 aliphatic carbocycles. The normalized spacial score (nSPS) is 11.9. The number of rotatable bonds is 10. The van der Waals surface area contributed by atoms with Gasteiger partial charge in [-0.05, 0) is 19.8 Å². The summed E-state index contributed by atoms with van der Waals surface area (Å²) in [5, 5.41) is 8.90. The summed E-state index contributed by atoms with van der Waals surface area (Å²) in [5.74, 6) is -2.94. The van der Waals surface area contributed by atoms with Gasteiger partial charge in [-0.15, -0.1) is 0 Å². The van der Waals surface area contributed by atoms with Crippen LogP contribution in [0.5, 0.6) is 0 Å². The summed E-state index contributed by atoms with van der Waals surface area (Å²) in [6.07, 6.45) is 1.48. The quantitative estimate of drug-likeness (QED) is 0.358. The Morgan fingerprint density at radius 1 is 1.22 bits per heavy atom. The molecule has 0 fully saturated rings. The number of carboxylic acids is 1. The first-order valence-corrected chi connectivity index (χ1v) is 5.93. The lowest BCUT2D eigenvalue weighted by atomic mass is 9.97. The summed E-state index contributed by atoms with van der Waals surface area (Å²) in [7, 11) is 1.34. The Morgan fingerprint density at radius 3 is 2.39 bits per heavy atom. The van der Waals surface area contributed by atoms with E-state index >= 15 is 0 Å². The molecule has 18 heavy (non-hydrogen) atoms. The SMILES string of the molecule is CCOC(=O)CCCCC(C(=O)O)C(=O)COC. The Bertz CT molecular complexity index is 286. The summed E-state index contributed by atoms with van der Waals surface area (Å²) >= 11 is 0. The van der Waals surface area contributed by atoms with Crippen LogP contribution in [0.15, 0.2) is 0 Å². The van der Waals surface area contributed by atoms with Crippen LogP contribution in [0.2, 0.25) is 0 Å². The van der Waals surface area contributed by atoms with Gasteiger partial charge in [0.2, 0.25) is 0 Å². The Hall–Kier alpha value is -1.43. The number of carbonyl (C=O) groups excluding carboxylic acids is 2. The van der Waals surface area contributed by atoms with E-state index in [1.54, 1.807) is 6.92 Å². The topological polar surface area (TPSA) is 89.9 Å². The van der Waals surface area contributed by atoms with Gasteiger partial charge in [-0.25, -0.2) is 0 Å². The molecule has 0 aliphatic rings. The van der Waals surface area contributed by atoms with E-state index in [0.29, 0.717) is 19.4 Å². The zero-order chi connectivity index (χ0) is 14.0. The predicted octanol–water partition coefficient (Wildman–Crippen LogP) is 1.03. The van der Waals surface area contributed by atoms with E-state index < -0.39 is 17.7 Å². The number of aliphatic carboxylic acids is 1. The maximum absolute atomic E-state index is 11.4. The first-order valence-electron chi connectivity index (χ1n) is 5.93. The number of ketones is 1. The van der Waals surface area contributed by atoms with Crippen molar-refractivity contribution in [3.8, 4) is 0 Å². The summed E-state index contributed by atoms with van der Waals surface area (Å²) in [4.78, 5) is 33.3. The van der Waals surface area contributed by atoms with E-state index in [1.807, 2.05) is 0 Å². The second-order valence-electron chi connectivity index (χ2n) is 3.84. The molecule has 0 heterocycles. The van der Waals surface area contributed by atoms with E-state index in [9.17, 15) is 14.4 Å². The third-order valence-corrected chi connectivity index (χ3v) is 2.40. The van der Waals surface area contributed by atoms with Crippen LogP contribution < -0.4 is 0 Å². The maximum Gasteiger partial charge on any atom is 0.314 e. The number of carbonyl (C=O) groups is 3. The lowest BCUT2D eigenvalue weighted by Gasteiger charge is -2.10. The van der Waals surface area contributed by atoms with Crippen LogP contribution in [0.4, 0.5) is 0 Å². The first-order chi connectivity index (χ1) is 8.52. The van der Waals surface area contributed by atoms with Crippen molar-refractivity contribution in [2.45, 2.75) is 32.6 Å². The molecule has 1 N–H and O–H groups in total. The maximum atomic E-state index is 11.4. The number of hydrogen-bond acceptors (Lipinski definition) is 5. The van der Waals surface area contributed by atoms with Crippen molar-refractivity contribution in [3.63, 3.8) is 0 Å². The van der Waals surface area contributed by atoms with Gasteiger partial charge in [0.15, 0.2) is 5.78 Å². The van der Waals surface area contributed by atoms with Gasteiger partial charge in [0, 0.05) is 13.5 Å². The molecule has 1 unspecified atom stereocenters. The highest BCUT2D eigenvalue weighted by Crippen LogP contribution is 2.12.